The summed E-state index contributed by atoms with van der Waals surface area (Å²) in [5, 5.41) is 0.514. The highest BCUT2D eigenvalue weighted by molar-refractivity contribution is 6.28. The van der Waals surface area contributed by atoms with Crippen LogP contribution in [0, 0.1) is 0 Å². The first kappa shape index (κ1) is 12.5. The zero-order valence-corrected chi connectivity index (χ0v) is 9.47. The molecule has 0 radical (unpaired) electrons. The van der Waals surface area contributed by atoms with E-state index < -0.39 is 0 Å². The third-order valence-corrected chi connectivity index (χ3v) is 1.92. The molecule has 1 heterocycles. The maximum Gasteiger partial charge on any atom is 0.202 e. The van der Waals surface area contributed by atoms with Crippen molar-refractivity contribution in [3.8, 4) is 0 Å². The first-order chi connectivity index (χ1) is 6.16. The van der Waals surface area contributed by atoms with Crippen molar-refractivity contribution in [2.75, 3.05) is 0 Å². The van der Waals surface area contributed by atoms with E-state index in [1.54, 1.807) is 6.20 Å². The van der Waals surface area contributed by atoms with E-state index in [0.717, 1.165) is 12.2 Å². The van der Waals surface area contributed by atoms with E-state index in [-0.39, 0.29) is 6.04 Å². The lowest BCUT2D eigenvalue weighted by Gasteiger charge is -2.08. The van der Waals surface area contributed by atoms with Gasteiger partial charge in [0, 0.05) is 12.6 Å². The molecule has 0 bridgehead atoms. The SMILES string of the molecule is CC.CCn1c(C(C)N)cnc1Cl. The first-order valence-corrected chi connectivity index (χ1v) is 5.01. The van der Waals surface area contributed by atoms with Crippen molar-refractivity contribution in [3.05, 3.63) is 17.2 Å². The van der Waals surface area contributed by atoms with Crippen molar-refractivity contribution in [3.63, 3.8) is 0 Å². The molecule has 1 unspecified atom stereocenters. The molecule has 0 saturated carbocycles. The van der Waals surface area contributed by atoms with Crippen molar-refractivity contribution < 1.29 is 0 Å². The van der Waals surface area contributed by atoms with E-state index in [0.29, 0.717) is 5.28 Å². The maximum atomic E-state index is 5.79. The highest BCUT2D eigenvalue weighted by atomic mass is 35.5. The summed E-state index contributed by atoms with van der Waals surface area (Å²) in [4.78, 5) is 3.96. The molecule has 4 heteroatoms. The van der Waals surface area contributed by atoms with Gasteiger partial charge in [0.15, 0.2) is 0 Å². The minimum atomic E-state index is -0.00468. The van der Waals surface area contributed by atoms with Crippen molar-refractivity contribution in [2.45, 2.75) is 40.3 Å². The van der Waals surface area contributed by atoms with Crippen LogP contribution < -0.4 is 5.73 Å². The van der Waals surface area contributed by atoms with E-state index in [1.807, 2.05) is 32.3 Å². The molecule has 2 N–H and O–H groups in total. The molecule has 13 heavy (non-hydrogen) atoms. The van der Waals surface area contributed by atoms with Gasteiger partial charge in [-0.25, -0.2) is 4.98 Å². The lowest BCUT2D eigenvalue weighted by Crippen LogP contribution is -2.11. The average Bonchev–Trinajstić information content (AvgIpc) is 2.50. The Morgan fingerprint density at radius 3 is 2.46 bits per heavy atom. The second-order valence-corrected chi connectivity index (χ2v) is 2.82. The molecule has 0 fully saturated rings. The predicted molar refractivity (Wildman–Crippen MR) is 56.9 cm³/mol. The van der Waals surface area contributed by atoms with Crippen molar-refractivity contribution in [1.82, 2.24) is 9.55 Å². The third kappa shape index (κ3) is 3.01. The molecule has 76 valence electrons. The summed E-state index contributed by atoms with van der Waals surface area (Å²) in [6, 6.07) is -0.00468. The number of nitrogens with zero attached hydrogens (tertiary/aromatic N) is 2. The van der Waals surface area contributed by atoms with Crippen LogP contribution in [0.4, 0.5) is 0 Å². The van der Waals surface area contributed by atoms with Crippen LogP contribution in [0.15, 0.2) is 6.20 Å². The molecule has 0 aromatic carbocycles. The van der Waals surface area contributed by atoms with Gasteiger partial charge in [0.2, 0.25) is 5.28 Å². The van der Waals surface area contributed by atoms with Crippen LogP contribution in [0.3, 0.4) is 0 Å². The number of hydrogen-bond donors (Lipinski definition) is 1. The Hall–Kier alpha value is -0.540. The molecule has 1 aromatic heterocycles. The minimum Gasteiger partial charge on any atom is -0.323 e. The molecule has 1 rings (SSSR count). The Labute approximate surface area is 84.9 Å². The molecule has 1 atom stereocenters. The molecule has 0 aliphatic rings. The summed E-state index contributed by atoms with van der Waals surface area (Å²) in [6.45, 7) is 8.74. The number of rotatable bonds is 2. The number of aromatic nitrogens is 2. The lowest BCUT2D eigenvalue weighted by molar-refractivity contribution is 0.658. The maximum absolute atomic E-state index is 5.79. The van der Waals surface area contributed by atoms with E-state index >= 15 is 0 Å². The molecular weight excluding hydrogens is 186 g/mol. The van der Waals surface area contributed by atoms with E-state index in [9.17, 15) is 0 Å². The van der Waals surface area contributed by atoms with Gasteiger partial charge >= 0.3 is 0 Å². The third-order valence-electron chi connectivity index (χ3n) is 1.62. The fourth-order valence-corrected chi connectivity index (χ4v) is 1.31. The van der Waals surface area contributed by atoms with Gasteiger partial charge in [-0.15, -0.1) is 0 Å². The zero-order chi connectivity index (χ0) is 10.4. The van der Waals surface area contributed by atoms with Gasteiger partial charge in [-0.3, -0.25) is 0 Å². The summed E-state index contributed by atoms with van der Waals surface area (Å²) in [5.41, 5.74) is 6.67. The van der Waals surface area contributed by atoms with Crippen molar-refractivity contribution >= 4 is 11.6 Å². The normalized spacial score (nSPS) is 11.8. The summed E-state index contributed by atoms with van der Waals surface area (Å²) in [7, 11) is 0. The van der Waals surface area contributed by atoms with Crippen LogP contribution in [0.5, 0.6) is 0 Å². The Kier molecular flexibility index (Phi) is 5.75. The summed E-state index contributed by atoms with van der Waals surface area (Å²) >= 11 is 5.79. The fourth-order valence-electron chi connectivity index (χ4n) is 1.04. The van der Waals surface area contributed by atoms with Crippen molar-refractivity contribution in [2.24, 2.45) is 5.73 Å². The number of halogens is 1. The quantitative estimate of drug-likeness (QED) is 0.803. The standard InChI is InChI=1S/C7H12ClN3.C2H6/c1-3-11-6(5(2)9)4-10-7(11)8;1-2/h4-5H,3,9H2,1-2H3;1-2H3. The topological polar surface area (TPSA) is 43.8 Å². The molecule has 3 nitrogen and oxygen atoms in total. The summed E-state index contributed by atoms with van der Waals surface area (Å²) in [6.07, 6.45) is 1.72. The Morgan fingerprint density at radius 2 is 2.15 bits per heavy atom. The van der Waals surface area contributed by atoms with Crippen LogP contribution in [0.25, 0.3) is 0 Å². The smallest absolute Gasteiger partial charge is 0.202 e. The Bertz CT molecular complexity index is 243. The van der Waals surface area contributed by atoms with Gasteiger partial charge in [-0.1, -0.05) is 13.8 Å². The molecular formula is C9H18ClN3. The average molecular weight is 204 g/mol. The van der Waals surface area contributed by atoms with Crippen LogP contribution >= 0.6 is 11.6 Å². The van der Waals surface area contributed by atoms with E-state index in [2.05, 4.69) is 4.98 Å². The minimum absolute atomic E-state index is 0.00468. The monoisotopic (exact) mass is 203 g/mol. The van der Waals surface area contributed by atoms with E-state index in [4.69, 9.17) is 17.3 Å². The fraction of sp³-hybridized carbons (Fsp3) is 0.667. The van der Waals surface area contributed by atoms with Gasteiger partial charge in [0.05, 0.1) is 11.9 Å². The second kappa shape index (κ2) is 6.00. The first-order valence-electron chi connectivity index (χ1n) is 4.63. The van der Waals surface area contributed by atoms with Crippen LogP contribution in [0.1, 0.15) is 39.4 Å². The van der Waals surface area contributed by atoms with Crippen LogP contribution in [-0.2, 0) is 6.54 Å². The number of imidazole rings is 1. The molecule has 0 amide bonds. The highest BCUT2D eigenvalue weighted by Gasteiger charge is 2.08. The van der Waals surface area contributed by atoms with E-state index in [1.165, 1.54) is 0 Å². The van der Waals surface area contributed by atoms with Crippen molar-refractivity contribution in [1.29, 1.82) is 0 Å². The largest absolute Gasteiger partial charge is 0.323 e. The number of nitrogens with two attached hydrogens (primary N) is 1. The van der Waals surface area contributed by atoms with Gasteiger partial charge in [0.25, 0.3) is 0 Å². The molecule has 0 saturated heterocycles. The zero-order valence-electron chi connectivity index (χ0n) is 8.71. The van der Waals surface area contributed by atoms with Gasteiger partial charge in [-0.2, -0.15) is 0 Å². The van der Waals surface area contributed by atoms with Gasteiger partial charge in [0.1, 0.15) is 0 Å². The summed E-state index contributed by atoms with van der Waals surface area (Å²) < 4.78 is 1.90. The Morgan fingerprint density at radius 1 is 1.62 bits per heavy atom. The molecule has 0 spiro atoms. The highest BCUT2D eigenvalue weighted by Crippen LogP contribution is 2.15. The molecule has 0 aliphatic heterocycles. The molecule has 1 aromatic rings. The van der Waals surface area contributed by atoms with Crippen LogP contribution in [-0.4, -0.2) is 9.55 Å². The molecule has 0 aliphatic carbocycles. The summed E-state index contributed by atoms with van der Waals surface area (Å²) in [5.74, 6) is 0. The Balaban J connectivity index is 0.000000671. The predicted octanol–water partition coefficient (Wildman–Crippen LogP) is 2.60. The van der Waals surface area contributed by atoms with Crippen LogP contribution in [0.2, 0.25) is 5.28 Å². The second-order valence-electron chi connectivity index (χ2n) is 2.49. The van der Waals surface area contributed by atoms with Gasteiger partial charge < -0.3 is 10.3 Å². The van der Waals surface area contributed by atoms with Gasteiger partial charge in [-0.05, 0) is 25.4 Å². The lowest BCUT2D eigenvalue weighted by atomic mass is 10.3. The number of hydrogen-bond acceptors (Lipinski definition) is 2.